The topological polar surface area (TPSA) is 333 Å². The van der Waals surface area contributed by atoms with Crippen LogP contribution in [-0.2, 0) is 35.2 Å². The number of nitrogens with one attached hydrogen (secondary N) is 4. The molecule has 58 heavy (non-hydrogen) atoms. The van der Waals surface area contributed by atoms with Gasteiger partial charge in [-0.05, 0) is 86.6 Å². The average Bonchev–Trinajstić information content (AvgIpc) is 3.67. The maximum absolute atomic E-state index is 14.2. The van der Waals surface area contributed by atoms with Crippen LogP contribution < -0.4 is 38.5 Å². The predicted octanol–water partition coefficient (Wildman–Crippen LogP) is 0.903. The second kappa shape index (κ2) is 24.9. The minimum Gasteiger partial charge on any atom is -0.508 e. The average molecular weight is 815 g/mol. The van der Waals surface area contributed by atoms with Crippen molar-refractivity contribution in [2.75, 3.05) is 19.6 Å². The minimum atomic E-state index is -1.27. The lowest BCUT2D eigenvalue weighted by atomic mass is 9.96. The van der Waals surface area contributed by atoms with Gasteiger partial charge in [-0.25, -0.2) is 4.79 Å². The summed E-state index contributed by atoms with van der Waals surface area (Å²) in [6.45, 7) is 7.90. The predicted molar refractivity (Wildman–Crippen MR) is 217 cm³/mol. The van der Waals surface area contributed by atoms with Crippen LogP contribution in [-0.4, -0.2) is 112 Å². The Morgan fingerprint density at radius 1 is 0.914 bits per heavy atom. The molecule has 1 aliphatic heterocycles. The van der Waals surface area contributed by atoms with Gasteiger partial charge in [0.25, 0.3) is 0 Å². The zero-order valence-electron chi connectivity index (χ0n) is 33.9. The van der Waals surface area contributed by atoms with E-state index in [1.54, 1.807) is 19.1 Å². The van der Waals surface area contributed by atoms with E-state index in [0.29, 0.717) is 37.8 Å². The number of carboxylic acid groups (broad SMARTS) is 1. The summed E-state index contributed by atoms with van der Waals surface area (Å²) < 4.78 is 0. The number of guanidine groups is 1. The molecule has 12 N–H and O–H groups in total. The summed E-state index contributed by atoms with van der Waals surface area (Å²) in [4.78, 5) is 89.2. The molecule has 1 saturated heterocycles. The molecule has 7 atom stereocenters. The molecule has 0 aliphatic carbocycles. The van der Waals surface area contributed by atoms with Crippen molar-refractivity contribution in [3.63, 3.8) is 0 Å². The van der Waals surface area contributed by atoms with E-state index < -0.39 is 77.7 Å². The largest absolute Gasteiger partial charge is 0.508 e. The van der Waals surface area contributed by atoms with E-state index >= 15 is 0 Å². The third-order valence-electron chi connectivity index (χ3n) is 9.95. The second-order valence-corrected chi connectivity index (χ2v) is 15.0. The molecule has 322 valence electrons. The molecule has 1 heterocycles. The van der Waals surface area contributed by atoms with Gasteiger partial charge in [0.15, 0.2) is 5.96 Å². The Hall–Kier alpha value is -5.62. The van der Waals surface area contributed by atoms with Gasteiger partial charge in [0, 0.05) is 24.4 Å². The van der Waals surface area contributed by atoms with Crippen LogP contribution in [0.1, 0.15) is 91.0 Å². The van der Waals surface area contributed by atoms with Gasteiger partial charge in [-0.3, -0.25) is 29.0 Å². The molecular weight excluding hydrogens is 752 g/mol. The van der Waals surface area contributed by atoms with Crippen LogP contribution >= 0.6 is 0 Å². The summed E-state index contributed by atoms with van der Waals surface area (Å²) >= 11 is 0. The number of rotatable bonds is 25. The summed E-state index contributed by atoms with van der Waals surface area (Å²) in [5.74, 6) is -5.15. The van der Waals surface area contributed by atoms with E-state index in [2.05, 4.69) is 36.3 Å². The number of nitrogens with zero attached hydrogens (tertiary/aromatic N) is 5. The lowest BCUT2D eigenvalue weighted by Crippen LogP contribution is -2.60. The molecular formula is C38H62N12O8. The van der Waals surface area contributed by atoms with E-state index in [-0.39, 0.29) is 69.2 Å². The van der Waals surface area contributed by atoms with Gasteiger partial charge in [0.2, 0.25) is 29.5 Å². The Morgan fingerprint density at radius 3 is 2.17 bits per heavy atom. The standard InChI is InChI=1S/C38H62N12O8/c1-5-23(4)31(35(55)46-29(37(57)58)20-22(2)3)47-33(53)28(21-24-13-15-25(51)16-14-24)45-34(54)30-12-9-19-50(30)36(56)27(11-8-18-43-38(40)41)44-32(52)26(48-49-42)10-6-7-17-39/h13-16,22-23,26-31,51H,5-12,17-21,39H2,1-4H3,(H,44,52)(H,45,54)(H,46,55)(H,47,53)(H,57,58)(H4,40,41,43)/t23-,26-,27-,28-,29-,30-,31-/m0/s1. The first-order valence-electron chi connectivity index (χ1n) is 19.8. The van der Waals surface area contributed by atoms with Crippen molar-refractivity contribution in [1.29, 1.82) is 0 Å². The van der Waals surface area contributed by atoms with Crippen molar-refractivity contribution in [2.24, 2.45) is 39.1 Å². The molecule has 0 aromatic heterocycles. The van der Waals surface area contributed by atoms with E-state index in [4.69, 9.17) is 22.7 Å². The third kappa shape index (κ3) is 16.1. The fraction of sp³-hybridized carbons (Fsp3) is 0.658. The van der Waals surface area contributed by atoms with Crippen LogP contribution in [0.4, 0.5) is 0 Å². The summed E-state index contributed by atoms with van der Waals surface area (Å²) in [6.07, 6.45) is 2.91. The molecule has 2 rings (SSSR count). The van der Waals surface area contributed by atoms with Crippen LogP contribution in [0.2, 0.25) is 0 Å². The number of benzene rings is 1. The monoisotopic (exact) mass is 814 g/mol. The van der Waals surface area contributed by atoms with Gasteiger partial charge >= 0.3 is 5.97 Å². The number of amides is 5. The number of carboxylic acids is 1. The summed E-state index contributed by atoms with van der Waals surface area (Å²) in [5.41, 5.74) is 26.2. The van der Waals surface area contributed by atoms with Crippen LogP contribution in [0.3, 0.4) is 0 Å². The number of phenolic OH excluding ortho intramolecular Hbond substituents is 1. The Labute approximate surface area is 339 Å². The number of hydrogen-bond acceptors (Lipinski definition) is 10. The number of aromatic hydroxyl groups is 1. The zero-order valence-corrected chi connectivity index (χ0v) is 33.9. The van der Waals surface area contributed by atoms with Crippen molar-refractivity contribution in [3.8, 4) is 5.75 Å². The first-order chi connectivity index (χ1) is 27.5. The molecule has 1 aliphatic rings. The van der Waals surface area contributed by atoms with Crippen molar-refractivity contribution in [3.05, 3.63) is 40.3 Å². The van der Waals surface area contributed by atoms with Gasteiger partial charge in [0.1, 0.15) is 42.0 Å². The van der Waals surface area contributed by atoms with E-state index in [0.717, 1.165) is 0 Å². The van der Waals surface area contributed by atoms with Gasteiger partial charge in [-0.2, -0.15) is 0 Å². The number of phenols is 1. The number of unbranched alkanes of at least 4 members (excludes halogenated alkanes) is 1. The summed E-state index contributed by atoms with van der Waals surface area (Å²) in [5, 5.41) is 34.0. The lowest BCUT2D eigenvalue weighted by molar-refractivity contribution is -0.143. The highest BCUT2D eigenvalue weighted by molar-refractivity contribution is 5.97. The molecule has 0 spiro atoms. The molecule has 5 amide bonds. The quantitative estimate of drug-likeness (QED) is 0.0167. The molecule has 20 heteroatoms. The molecule has 1 aromatic carbocycles. The molecule has 1 fully saturated rings. The molecule has 1 aromatic rings. The number of hydrogen-bond donors (Lipinski definition) is 9. The first-order valence-corrected chi connectivity index (χ1v) is 19.8. The van der Waals surface area contributed by atoms with Crippen LogP contribution in [0, 0.1) is 11.8 Å². The molecule has 0 radical (unpaired) electrons. The highest BCUT2D eigenvalue weighted by Gasteiger charge is 2.40. The normalized spacial score (nSPS) is 16.7. The number of carbonyl (C=O) groups is 6. The van der Waals surface area contributed by atoms with Gasteiger partial charge in [0.05, 0.1) is 0 Å². The Morgan fingerprint density at radius 2 is 1.59 bits per heavy atom. The van der Waals surface area contributed by atoms with Crippen LogP contribution in [0.5, 0.6) is 5.75 Å². The fourth-order valence-electron chi connectivity index (χ4n) is 6.57. The zero-order chi connectivity index (χ0) is 43.4. The van der Waals surface area contributed by atoms with Crippen LogP contribution in [0.25, 0.3) is 10.4 Å². The number of nitrogens with two attached hydrogens (primary N) is 3. The second-order valence-electron chi connectivity index (χ2n) is 15.0. The summed E-state index contributed by atoms with van der Waals surface area (Å²) in [6, 6.07) is -0.900. The molecule has 0 unspecified atom stereocenters. The number of aliphatic imine (C=N–C) groups is 1. The number of carbonyl (C=O) groups excluding carboxylic acids is 5. The highest BCUT2D eigenvalue weighted by Crippen LogP contribution is 2.21. The number of aliphatic carboxylic acids is 1. The minimum absolute atomic E-state index is 0.0157. The number of azide groups is 1. The Bertz CT molecular complexity index is 1610. The number of likely N-dealkylation sites (tertiary alicyclic amines) is 1. The smallest absolute Gasteiger partial charge is 0.326 e. The fourth-order valence-corrected chi connectivity index (χ4v) is 6.57. The highest BCUT2D eigenvalue weighted by atomic mass is 16.4. The Kier molecular flexibility index (Phi) is 20.8. The first kappa shape index (κ1) is 48.5. The van der Waals surface area contributed by atoms with Crippen LogP contribution in [0.15, 0.2) is 34.4 Å². The van der Waals surface area contributed by atoms with Gasteiger partial charge in [-0.15, -0.1) is 0 Å². The van der Waals surface area contributed by atoms with Crippen molar-refractivity contribution in [1.82, 2.24) is 26.2 Å². The summed E-state index contributed by atoms with van der Waals surface area (Å²) in [7, 11) is 0. The van der Waals surface area contributed by atoms with Gasteiger partial charge < -0.3 is 53.6 Å². The van der Waals surface area contributed by atoms with E-state index in [1.165, 1.54) is 17.0 Å². The van der Waals surface area contributed by atoms with Crippen molar-refractivity contribution < 1.29 is 39.0 Å². The third-order valence-corrected chi connectivity index (χ3v) is 9.95. The molecule has 0 saturated carbocycles. The molecule has 0 bridgehead atoms. The van der Waals surface area contributed by atoms with E-state index in [9.17, 15) is 39.0 Å². The molecule has 20 nitrogen and oxygen atoms in total. The van der Waals surface area contributed by atoms with E-state index in [1.807, 2.05) is 20.8 Å². The Balaban J connectivity index is 2.40. The maximum Gasteiger partial charge on any atom is 0.326 e. The van der Waals surface area contributed by atoms with Crippen molar-refractivity contribution >= 4 is 41.5 Å². The lowest BCUT2D eigenvalue weighted by Gasteiger charge is -2.31. The van der Waals surface area contributed by atoms with Gasteiger partial charge in [-0.1, -0.05) is 57.8 Å². The maximum atomic E-state index is 14.2. The van der Waals surface area contributed by atoms with Crippen molar-refractivity contribution in [2.45, 2.75) is 128 Å². The SMILES string of the molecule is CC[C@H](C)[C@H](NC(=O)[C@H](Cc1ccc(O)cc1)NC(=O)[C@@H]1CCCN1C(=O)[C@H](CCCN=C(N)N)NC(=O)[C@H](CCCCN)N=[N+]=[N-])C(=O)N[C@@H](CC(C)C)C(=O)O.